The Labute approximate surface area is 136 Å². The number of aryl methyl sites for hydroxylation is 2. The molecule has 120 valence electrons. The van der Waals surface area contributed by atoms with Gasteiger partial charge in [-0.2, -0.15) is 0 Å². The fraction of sp³-hybridized carbons (Fsp3) is 0.350. The van der Waals surface area contributed by atoms with Crippen molar-refractivity contribution >= 4 is 5.97 Å². The van der Waals surface area contributed by atoms with E-state index in [1.165, 1.54) is 11.1 Å². The second-order valence-corrected chi connectivity index (χ2v) is 6.55. The maximum Gasteiger partial charge on any atom is 0.303 e. The van der Waals surface area contributed by atoms with Crippen LogP contribution in [0.25, 0.3) is 11.1 Å². The number of fused-ring (bicyclic) bond motifs is 3. The number of benzene rings is 2. The Kier molecular flexibility index (Phi) is 3.99. The molecule has 0 radical (unpaired) electrons. The fourth-order valence-corrected chi connectivity index (χ4v) is 3.90. The SMILES string of the molecule is Cc1ccc2c(c1)C(CCO)(CCC(=O)O)c1cc(C)ccc1-2. The van der Waals surface area contributed by atoms with Crippen LogP contribution >= 0.6 is 0 Å². The van der Waals surface area contributed by atoms with E-state index in [9.17, 15) is 15.0 Å². The lowest BCUT2D eigenvalue weighted by molar-refractivity contribution is -0.137. The molecule has 2 N–H and O–H groups in total. The normalized spacial score (nSPS) is 14.4. The van der Waals surface area contributed by atoms with Crippen LogP contribution in [-0.2, 0) is 10.2 Å². The van der Waals surface area contributed by atoms with Crippen LogP contribution in [0.2, 0.25) is 0 Å². The molecule has 0 aliphatic heterocycles. The lowest BCUT2D eigenvalue weighted by atomic mass is 9.72. The molecular weight excluding hydrogens is 288 g/mol. The van der Waals surface area contributed by atoms with Crippen LogP contribution in [0.5, 0.6) is 0 Å². The van der Waals surface area contributed by atoms with Gasteiger partial charge in [0.1, 0.15) is 0 Å². The van der Waals surface area contributed by atoms with Crippen molar-refractivity contribution < 1.29 is 15.0 Å². The van der Waals surface area contributed by atoms with Gasteiger partial charge in [0.25, 0.3) is 0 Å². The number of hydrogen-bond donors (Lipinski definition) is 2. The molecule has 3 heteroatoms. The van der Waals surface area contributed by atoms with Gasteiger partial charge >= 0.3 is 5.97 Å². The standard InChI is InChI=1S/C20H22O3/c1-13-3-5-15-16-6-4-14(2)12-18(16)20(9-10-21,17(15)11-13)8-7-19(22)23/h3-6,11-12,21H,7-10H2,1-2H3,(H,22,23). The molecule has 3 nitrogen and oxygen atoms in total. The number of rotatable bonds is 5. The Morgan fingerprint density at radius 3 is 1.91 bits per heavy atom. The third-order valence-electron chi connectivity index (χ3n) is 4.98. The summed E-state index contributed by atoms with van der Waals surface area (Å²) < 4.78 is 0. The number of aliphatic hydroxyl groups excluding tert-OH is 1. The predicted molar refractivity (Wildman–Crippen MR) is 90.7 cm³/mol. The zero-order valence-electron chi connectivity index (χ0n) is 13.6. The molecule has 0 saturated heterocycles. The summed E-state index contributed by atoms with van der Waals surface area (Å²) in [5.41, 5.74) is 6.57. The lowest BCUT2D eigenvalue weighted by Crippen LogP contribution is -2.28. The van der Waals surface area contributed by atoms with Crippen LogP contribution in [-0.4, -0.2) is 22.8 Å². The first-order valence-electron chi connectivity index (χ1n) is 8.03. The highest BCUT2D eigenvalue weighted by molar-refractivity contribution is 5.82. The lowest BCUT2D eigenvalue weighted by Gasteiger charge is -2.31. The van der Waals surface area contributed by atoms with E-state index in [4.69, 9.17) is 0 Å². The maximum absolute atomic E-state index is 11.2. The smallest absolute Gasteiger partial charge is 0.303 e. The van der Waals surface area contributed by atoms with E-state index < -0.39 is 11.4 Å². The third kappa shape index (κ3) is 2.55. The molecule has 2 aromatic rings. The molecule has 0 amide bonds. The van der Waals surface area contributed by atoms with Gasteiger partial charge in [-0.05, 0) is 48.9 Å². The van der Waals surface area contributed by atoms with Crippen LogP contribution in [0.15, 0.2) is 36.4 Å². The van der Waals surface area contributed by atoms with Crippen molar-refractivity contribution in [2.24, 2.45) is 0 Å². The summed E-state index contributed by atoms with van der Waals surface area (Å²) in [5.74, 6) is -0.794. The van der Waals surface area contributed by atoms with Crippen LogP contribution < -0.4 is 0 Å². The van der Waals surface area contributed by atoms with Crippen molar-refractivity contribution in [3.8, 4) is 11.1 Å². The minimum atomic E-state index is -0.794. The van der Waals surface area contributed by atoms with E-state index >= 15 is 0 Å². The van der Waals surface area contributed by atoms with Gasteiger partial charge in [0.15, 0.2) is 0 Å². The first-order valence-corrected chi connectivity index (χ1v) is 8.03. The molecular formula is C20H22O3. The molecule has 0 atom stereocenters. The highest BCUT2D eigenvalue weighted by Crippen LogP contribution is 2.53. The summed E-state index contributed by atoms with van der Waals surface area (Å²) in [7, 11) is 0. The molecule has 0 unspecified atom stereocenters. The Balaban J connectivity index is 2.26. The Hall–Kier alpha value is -2.13. The summed E-state index contributed by atoms with van der Waals surface area (Å²) in [6.07, 6.45) is 1.16. The fourth-order valence-electron chi connectivity index (χ4n) is 3.90. The quantitative estimate of drug-likeness (QED) is 0.882. The van der Waals surface area contributed by atoms with E-state index in [1.807, 2.05) is 0 Å². The Bertz CT molecular complexity index is 710. The van der Waals surface area contributed by atoms with E-state index in [0.717, 1.165) is 22.3 Å². The van der Waals surface area contributed by atoms with Gasteiger partial charge in [0, 0.05) is 18.4 Å². The van der Waals surface area contributed by atoms with Crippen molar-refractivity contribution in [2.45, 2.75) is 38.5 Å². The Morgan fingerprint density at radius 2 is 1.48 bits per heavy atom. The molecule has 2 aromatic carbocycles. The van der Waals surface area contributed by atoms with Gasteiger partial charge in [0.2, 0.25) is 0 Å². The summed E-state index contributed by atoms with van der Waals surface area (Å²) in [5, 5.41) is 18.9. The van der Waals surface area contributed by atoms with Gasteiger partial charge in [-0.25, -0.2) is 0 Å². The molecule has 0 saturated carbocycles. The topological polar surface area (TPSA) is 57.5 Å². The van der Waals surface area contributed by atoms with Gasteiger partial charge in [-0.3, -0.25) is 4.79 Å². The number of carboxylic acids is 1. The van der Waals surface area contributed by atoms with Crippen molar-refractivity contribution in [3.05, 3.63) is 58.7 Å². The first-order chi connectivity index (χ1) is 11.0. The number of aliphatic carboxylic acids is 1. The number of carboxylic acid groups (broad SMARTS) is 1. The average molecular weight is 310 g/mol. The maximum atomic E-state index is 11.2. The van der Waals surface area contributed by atoms with E-state index in [2.05, 4.69) is 50.2 Å². The van der Waals surface area contributed by atoms with Crippen molar-refractivity contribution in [1.82, 2.24) is 0 Å². The van der Waals surface area contributed by atoms with E-state index in [1.54, 1.807) is 0 Å². The largest absolute Gasteiger partial charge is 0.481 e. The Morgan fingerprint density at radius 1 is 0.957 bits per heavy atom. The summed E-state index contributed by atoms with van der Waals surface area (Å²) in [6, 6.07) is 12.7. The van der Waals surface area contributed by atoms with Gasteiger partial charge < -0.3 is 10.2 Å². The summed E-state index contributed by atoms with van der Waals surface area (Å²) in [4.78, 5) is 11.2. The van der Waals surface area contributed by atoms with Crippen LogP contribution in [0.4, 0.5) is 0 Å². The van der Waals surface area contributed by atoms with E-state index in [0.29, 0.717) is 12.8 Å². The molecule has 0 bridgehead atoms. The zero-order valence-corrected chi connectivity index (χ0v) is 13.6. The molecule has 0 aromatic heterocycles. The summed E-state index contributed by atoms with van der Waals surface area (Å²) >= 11 is 0. The monoisotopic (exact) mass is 310 g/mol. The number of hydrogen-bond acceptors (Lipinski definition) is 2. The minimum absolute atomic E-state index is 0.0420. The molecule has 23 heavy (non-hydrogen) atoms. The first kappa shape index (κ1) is 15.8. The van der Waals surface area contributed by atoms with E-state index in [-0.39, 0.29) is 13.0 Å². The van der Waals surface area contributed by atoms with Gasteiger partial charge in [0.05, 0.1) is 0 Å². The van der Waals surface area contributed by atoms with Crippen LogP contribution in [0, 0.1) is 13.8 Å². The number of carbonyl (C=O) groups is 1. The van der Waals surface area contributed by atoms with Crippen molar-refractivity contribution in [1.29, 1.82) is 0 Å². The molecule has 3 rings (SSSR count). The van der Waals surface area contributed by atoms with Gasteiger partial charge in [-0.15, -0.1) is 0 Å². The van der Waals surface area contributed by atoms with Crippen LogP contribution in [0.1, 0.15) is 41.5 Å². The summed E-state index contributed by atoms with van der Waals surface area (Å²) in [6.45, 7) is 4.14. The number of aliphatic hydroxyl groups is 1. The molecule has 0 spiro atoms. The van der Waals surface area contributed by atoms with Gasteiger partial charge in [-0.1, -0.05) is 47.5 Å². The second-order valence-electron chi connectivity index (χ2n) is 6.55. The molecule has 0 heterocycles. The van der Waals surface area contributed by atoms with Crippen molar-refractivity contribution in [2.75, 3.05) is 6.61 Å². The average Bonchev–Trinajstić information content (AvgIpc) is 2.76. The highest BCUT2D eigenvalue weighted by Gasteiger charge is 2.42. The second kappa shape index (κ2) is 5.82. The molecule has 0 fully saturated rings. The molecule has 1 aliphatic rings. The minimum Gasteiger partial charge on any atom is -0.481 e. The molecule has 1 aliphatic carbocycles. The van der Waals surface area contributed by atoms with Crippen LogP contribution in [0.3, 0.4) is 0 Å². The predicted octanol–water partition coefficient (Wildman–Crippen LogP) is 3.82. The highest BCUT2D eigenvalue weighted by atomic mass is 16.4. The third-order valence-corrected chi connectivity index (χ3v) is 4.98. The van der Waals surface area contributed by atoms with Crippen molar-refractivity contribution in [3.63, 3.8) is 0 Å². The zero-order chi connectivity index (χ0) is 16.6.